The van der Waals surface area contributed by atoms with Crippen LogP contribution in [-0.2, 0) is 11.2 Å². The van der Waals surface area contributed by atoms with Crippen LogP contribution in [0.15, 0.2) is 54.8 Å². The van der Waals surface area contributed by atoms with Crippen LogP contribution in [0.5, 0.6) is 0 Å². The molecule has 8 heteroatoms. The minimum Gasteiger partial charge on any atom is -0.423 e. The average Bonchev–Trinajstić information content (AvgIpc) is 3.31. The molecule has 0 saturated heterocycles. The number of thiophene rings is 1. The van der Waals surface area contributed by atoms with Crippen molar-refractivity contribution < 1.29 is 13.7 Å². The number of hydrogen-bond donors (Lipinski definition) is 1. The third-order valence-corrected chi connectivity index (χ3v) is 4.73. The second kappa shape index (κ2) is 7.16. The summed E-state index contributed by atoms with van der Waals surface area (Å²) in [4.78, 5) is 28.0. The van der Waals surface area contributed by atoms with E-state index in [0.717, 1.165) is 16.5 Å². The lowest BCUT2D eigenvalue weighted by Gasteiger charge is -2.06. The zero-order valence-corrected chi connectivity index (χ0v) is 15.2. The number of aryl methyl sites for hydroxylation is 2. The molecule has 0 aliphatic rings. The maximum absolute atomic E-state index is 12.2. The average molecular weight is 381 g/mol. The molecule has 0 aliphatic heterocycles. The van der Waals surface area contributed by atoms with Crippen LogP contribution in [0.1, 0.15) is 17.9 Å². The molecule has 7 nitrogen and oxygen atoms in total. The molecular formula is C19H15N3O4S. The van der Waals surface area contributed by atoms with Gasteiger partial charge in [-0.25, -0.2) is 4.79 Å². The van der Waals surface area contributed by atoms with Crippen molar-refractivity contribution >= 4 is 33.9 Å². The predicted octanol–water partition coefficient (Wildman–Crippen LogP) is 3.78. The second-order valence-corrected chi connectivity index (χ2v) is 6.81. The molecule has 3 heterocycles. The standard InChI is InChI=1S/C19H15N3O4S/c1-11-8-18(24)25-15-9-13(2-3-14(11)15)20-16(23)4-5-17-21-19(22-26-17)12-6-7-27-10-12/h2-3,6-10H,4-5H2,1H3,(H,20,23). The molecule has 1 N–H and O–H groups in total. The highest BCUT2D eigenvalue weighted by Gasteiger charge is 2.12. The number of carbonyl (C=O) groups is 1. The van der Waals surface area contributed by atoms with Crippen LogP contribution in [-0.4, -0.2) is 16.0 Å². The van der Waals surface area contributed by atoms with Gasteiger partial charge < -0.3 is 14.3 Å². The first-order valence-electron chi connectivity index (χ1n) is 8.28. The van der Waals surface area contributed by atoms with Crippen LogP contribution >= 0.6 is 11.3 Å². The van der Waals surface area contributed by atoms with Crippen molar-refractivity contribution in [2.45, 2.75) is 19.8 Å². The number of benzene rings is 1. The highest BCUT2D eigenvalue weighted by Crippen LogP contribution is 2.21. The predicted molar refractivity (Wildman–Crippen MR) is 102 cm³/mol. The normalized spacial score (nSPS) is 11.0. The molecule has 0 fully saturated rings. The number of fused-ring (bicyclic) bond motifs is 1. The van der Waals surface area contributed by atoms with E-state index in [9.17, 15) is 9.59 Å². The lowest BCUT2D eigenvalue weighted by Crippen LogP contribution is -2.12. The summed E-state index contributed by atoms with van der Waals surface area (Å²) < 4.78 is 10.4. The minimum atomic E-state index is -0.415. The van der Waals surface area contributed by atoms with Crippen molar-refractivity contribution in [3.63, 3.8) is 0 Å². The Hall–Kier alpha value is -3.26. The van der Waals surface area contributed by atoms with Gasteiger partial charge in [-0.2, -0.15) is 16.3 Å². The summed E-state index contributed by atoms with van der Waals surface area (Å²) in [5.41, 5.74) is 2.31. The lowest BCUT2D eigenvalue weighted by atomic mass is 10.1. The van der Waals surface area contributed by atoms with Gasteiger partial charge in [0.25, 0.3) is 0 Å². The summed E-state index contributed by atoms with van der Waals surface area (Å²) in [6, 6.07) is 8.58. The van der Waals surface area contributed by atoms with Crippen molar-refractivity contribution in [1.82, 2.24) is 10.1 Å². The maximum Gasteiger partial charge on any atom is 0.336 e. The number of aromatic nitrogens is 2. The van der Waals surface area contributed by atoms with Crippen LogP contribution < -0.4 is 10.9 Å². The van der Waals surface area contributed by atoms with E-state index in [4.69, 9.17) is 8.94 Å². The molecule has 4 aromatic rings. The third kappa shape index (κ3) is 3.80. The zero-order valence-electron chi connectivity index (χ0n) is 14.4. The van der Waals surface area contributed by atoms with Crippen LogP contribution in [0.4, 0.5) is 5.69 Å². The van der Waals surface area contributed by atoms with E-state index in [1.807, 2.05) is 29.8 Å². The Morgan fingerprint density at radius 3 is 2.96 bits per heavy atom. The monoisotopic (exact) mass is 381 g/mol. The van der Waals surface area contributed by atoms with Gasteiger partial charge in [0, 0.05) is 47.0 Å². The topological polar surface area (TPSA) is 98.2 Å². The summed E-state index contributed by atoms with van der Waals surface area (Å²) in [6.07, 6.45) is 0.534. The van der Waals surface area contributed by atoms with Crippen LogP contribution in [0.3, 0.4) is 0 Å². The zero-order chi connectivity index (χ0) is 18.8. The summed E-state index contributed by atoms with van der Waals surface area (Å²) in [6.45, 7) is 1.84. The Morgan fingerprint density at radius 1 is 1.26 bits per heavy atom. The molecule has 0 spiro atoms. The fraction of sp³-hybridized carbons (Fsp3) is 0.158. The van der Waals surface area contributed by atoms with E-state index in [1.54, 1.807) is 23.5 Å². The summed E-state index contributed by atoms with van der Waals surface area (Å²) in [5.74, 6) is 0.734. The first-order valence-corrected chi connectivity index (χ1v) is 9.22. The van der Waals surface area contributed by atoms with Crippen LogP contribution in [0.2, 0.25) is 0 Å². The molecule has 4 rings (SSSR count). The Kier molecular flexibility index (Phi) is 4.55. The molecule has 27 heavy (non-hydrogen) atoms. The van der Waals surface area contributed by atoms with E-state index < -0.39 is 5.63 Å². The quantitative estimate of drug-likeness (QED) is 0.528. The Morgan fingerprint density at radius 2 is 2.15 bits per heavy atom. The van der Waals surface area contributed by atoms with E-state index in [2.05, 4.69) is 15.5 Å². The SMILES string of the molecule is Cc1cc(=O)oc2cc(NC(=O)CCc3nc(-c4ccsc4)no3)ccc12. The fourth-order valence-corrected chi connectivity index (χ4v) is 3.35. The number of hydrogen-bond acceptors (Lipinski definition) is 7. The lowest BCUT2D eigenvalue weighted by molar-refractivity contribution is -0.116. The number of amides is 1. The van der Waals surface area contributed by atoms with Gasteiger partial charge >= 0.3 is 5.63 Å². The van der Waals surface area contributed by atoms with Gasteiger partial charge in [0.1, 0.15) is 5.58 Å². The first-order chi connectivity index (χ1) is 13.1. The smallest absolute Gasteiger partial charge is 0.336 e. The molecule has 3 aromatic heterocycles. The Bertz CT molecular complexity index is 1160. The number of nitrogens with one attached hydrogen (secondary N) is 1. The van der Waals surface area contributed by atoms with Crippen molar-refractivity contribution in [3.05, 3.63) is 63.0 Å². The Labute approximate surface area is 157 Å². The van der Waals surface area contributed by atoms with Crippen LogP contribution in [0, 0.1) is 6.92 Å². The molecule has 0 aliphatic carbocycles. The molecule has 1 aromatic carbocycles. The number of anilines is 1. The van der Waals surface area contributed by atoms with Crippen molar-refractivity contribution in [2.75, 3.05) is 5.32 Å². The number of rotatable bonds is 5. The van der Waals surface area contributed by atoms with Crippen molar-refractivity contribution in [2.24, 2.45) is 0 Å². The van der Waals surface area contributed by atoms with Gasteiger partial charge in [0.15, 0.2) is 0 Å². The maximum atomic E-state index is 12.2. The van der Waals surface area contributed by atoms with E-state index in [-0.39, 0.29) is 12.3 Å². The van der Waals surface area contributed by atoms with Gasteiger partial charge in [-0.15, -0.1) is 0 Å². The summed E-state index contributed by atoms with van der Waals surface area (Å²) in [7, 11) is 0. The van der Waals surface area contributed by atoms with Gasteiger partial charge in [0.05, 0.1) is 0 Å². The van der Waals surface area contributed by atoms with E-state index in [1.165, 1.54) is 6.07 Å². The van der Waals surface area contributed by atoms with Gasteiger partial charge in [-0.05, 0) is 36.1 Å². The number of carbonyl (C=O) groups excluding carboxylic acids is 1. The Balaban J connectivity index is 1.41. The largest absolute Gasteiger partial charge is 0.423 e. The molecule has 0 bridgehead atoms. The molecule has 0 radical (unpaired) electrons. The molecular weight excluding hydrogens is 366 g/mol. The molecule has 0 saturated carbocycles. The van der Waals surface area contributed by atoms with E-state index >= 15 is 0 Å². The minimum absolute atomic E-state index is 0.195. The van der Waals surface area contributed by atoms with Gasteiger partial charge in [-0.3, -0.25) is 4.79 Å². The molecule has 0 atom stereocenters. The van der Waals surface area contributed by atoms with E-state index in [0.29, 0.717) is 29.4 Å². The summed E-state index contributed by atoms with van der Waals surface area (Å²) >= 11 is 1.55. The highest BCUT2D eigenvalue weighted by atomic mass is 32.1. The van der Waals surface area contributed by atoms with Gasteiger partial charge in [-0.1, -0.05) is 5.16 Å². The number of nitrogens with zero attached hydrogens (tertiary/aromatic N) is 2. The van der Waals surface area contributed by atoms with Crippen molar-refractivity contribution in [3.8, 4) is 11.4 Å². The summed E-state index contributed by atoms with van der Waals surface area (Å²) in [5, 5.41) is 11.4. The second-order valence-electron chi connectivity index (χ2n) is 6.03. The third-order valence-electron chi connectivity index (χ3n) is 4.05. The van der Waals surface area contributed by atoms with Crippen molar-refractivity contribution in [1.29, 1.82) is 0 Å². The molecule has 0 unspecified atom stereocenters. The first kappa shape index (κ1) is 17.2. The van der Waals surface area contributed by atoms with Gasteiger partial charge in [0.2, 0.25) is 17.6 Å². The highest BCUT2D eigenvalue weighted by molar-refractivity contribution is 7.08. The molecule has 136 valence electrons. The van der Waals surface area contributed by atoms with Crippen LogP contribution in [0.25, 0.3) is 22.4 Å². The molecule has 1 amide bonds. The fourth-order valence-electron chi connectivity index (χ4n) is 2.71.